The molecule has 0 bridgehead atoms. The molecule has 2 aromatic rings. The molecule has 1 aromatic heterocycles. The summed E-state index contributed by atoms with van der Waals surface area (Å²) in [4.78, 5) is 14.6. The summed E-state index contributed by atoms with van der Waals surface area (Å²) in [5, 5.41) is 10.6. The predicted octanol–water partition coefficient (Wildman–Crippen LogP) is 3.21. The molecule has 4 atom stereocenters. The second-order valence-electron chi connectivity index (χ2n) is 8.45. The molecule has 0 radical (unpaired) electrons. The smallest absolute Gasteiger partial charge is 0.319 e. The molecule has 0 unspecified atom stereocenters. The van der Waals surface area contributed by atoms with Gasteiger partial charge in [-0.2, -0.15) is 8.78 Å². The number of hydrogen-bond acceptors (Lipinski definition) is 5. The molecule has 166 valence electrons. The highest BCUT2D eigenvalue weighted by Gasteiger charge is 2.44. The first-order chi connectivity index (χ1) is 14.9. The molecule has 3 aliphatic rings. The van der Waals surface area contributed by atoms with Crippen molar-refractivity contribution in [2.45, 2.75) is 38.5 Å². The van der Waals surface area contributed by atoms with Crippen LogP contribution in [0, 0.1) is 18.8 Å². The van der Waals surface area contributed by atoms with E-state index in [0.29, 0.717) is 48.9 Å². The van der Waals surface area contributed by atoms with Gasteiger partial charge in [-0.25, -0.2) is 0 Å². The minimum absolute atomic E-state index is 0.000134. The van der Waals surface area contributed by atoms with Crippen molar-refractivity contribution in [2.75, 3.05) is 19.9 Å². The van der Waals surface area contributed by atoms with Gasteiger partial charge in [0.15, 0.2) is 11.5 Å². The van der Waals surface area contributed by atoms with Gasteiger partial charge >= 0.3 is 6.55 Å². The molecule has 1 amide bonds. The van der Waals surface area contributed by atoms with E-state index in [1.54, 1.807) is 30.0 Å². The van der Waals surface area contributed by atoms with Crippen molar-refractivity contribution >= 4 is 5.91 Å². The molecule has 31 heavy (non-hydrogen) atoms. The predicted molar refractivity (Wildman–Crippen MR) is 106 cm³/mol. The third-order valence-electron chi connectivity index (χ3n) is 6.54. The first kappa shape index (κ1) is 20.1. The fraction of sp³-hybridized carbons (Fsp3) is 0.500. The van der Waals surface area contributed by atoms with Gasteiger partial charge < -0.3 is 24.2 Å². The number of likely N-dealkylation sites (tertiary alicyclic amines) is 1. The highest BCUT2D eigenvalue weighted by Crippen LogP contribution is 2.40. The summed E-state index contributed by atoms with van der Waals surface area (Å²) in [5.74, 6) is 1.71. The first-order valence-electron chi connectivity index (χ1n) is 10.4. The van der Waals surface area contributed by atoms with Gasteiger partial charge in [0.25, 0.3) is 5.91 Å². The maximum Gasteiger partial charge on any atom is 0.319 e. The van der Waals surface area contributed by atoms with Gasteiger partial charge in [-0.05, 0) is 55.9 Å². The van der Waals surface area contributed by atoms with Crippen LogP contribution in [-0.4, -0.2) is 52.6 Å². The van der Waals surface area contributed by atoms with Gasteiger partial charge in [0.1, 0.15) is 17.5 Å². The molecule has 2 fully saturated rings. The highest BCUT2D eigenvalue weighted by molar-refractivity contribution is 5.93. The third kappa shape index (κ3) is 3.60. The second-order valence-corrected chi connectivity index (χ2v) is 8.45. The number of halogens is 2. The van der Waals surface area contributed by atoms with E-state index < -0.39 is 24.7 Å². The van der Waals surface area contributed by atoms with E-state index in [0.717, 1.165) is 4.57 Å². The molecule has 1 N–H and O–H groups in total. The lowest BCUT2D eigenvalue weighted by Gasteiger charge is -2.35. The van der Waals surface area contributed by atoms with Crippen molar-refractivity contribution in [1.82, 2.24) is 9.47 Å². The Morgan fingerprint density at radius 1 is 1.13 bits per heavy atom. The number of aromatic nitrogens is 1. The van der Waals surface area contributed by atoms with Crippen molar-refractivity contribution in [2.24, 2.45) is 11.8 Å². The Labute approximate surface area is 178 Å². The van der Waals surface area contributed by atoms with E-state index in [2.05, 4.69) is 0 Å². The second kappa shape index (κ2) is 7.71. The monoisotopic (exact) mass is 434 g/mol. The zero-order valence-electron chi connectivity index (χ0n) is 17.0. The number of ether oxygens (including phenoxy) is 3. The Kier molecular flexibility index (Phi) is 5.00. The van der Waals surface area contributed by atoms with Crippen molar-refractivity contribution in [3.05, 3.63) is 41.7 Å². The molecule has 9 heteroatoms. The van der Waals surface area contributed by atoms with Crippen molar-refractivity contribution in [3.63, 3.8) is 0 Å². The lowest BCUT2D eigenvalue weighted by molar-refractivity contribution is -0.0232. The molecule has 5 rings (SSSR count). The lowest BCUT2D eigenvalue weighted by Crippen LogP contribution is -2.42. The van der Waals surface area contributed by atoms with Crippen LogP contribution in [0.4, 0.5) is 8.78 Å². The number of aryl methyl sites for hydroxylation is 1. The Balaban J connectivity index is 1.27. The van der Waals surface area contributed by atoms with Crippen molar-refractivity contribution in [1.29, 1.82) is 0 Å². The number of rotatable bonds is 4. The van der Waals surface area contributed by atoms with Crippen LogP contribution in [0.3, 0.4) is 0 Å². The van der Waals surface area contributed by atoms with Crippen molar-refractivity contribution in [3.8, 4) is 17.2 Å². The van der Waals surface area contributed by atoms with Gasteiger partial charge in [-0.15, -0.1) is 0 Å². The van der Waals surface area contributed by atoms with Crippen molar-refractivity contribution < 1.29 is 32.9 Å². The van der Waals surface area contributed by atoms with E-state index in [4.69, 9.17) is 14.2 Å². The van der Waals surface area contributed by atoms with Crippen LogP contribution in [-0.2, 0) is 0 Å². The quantitative estimate of drug-likeness (QED) is 0.800. The van der Waals surface area contributed by atoms with Crippen LogP contribution in [0.1, 0.15) is 35.6 Å². The van der Waals surface area contributed by atoms with E-state index in [-0.39, 0.29) is 24.3 Å². The van der Waals surface area contributed by atoms with Crippen LogP contribution in [0.2, 0.25) is 0 Å². The number of carbonyl (C=O) groups is 1. The maximum atomic E-state index is 13.4. The summed E-state index contributed by atoms with van der Waals surface area (Å²) in [6.07, 6.45) is -0.00458. The van der Waals surface area contributed by atoms with Crippen LogP contribution >= 0.6 is 0 Å². The van der Waals surface area contributed by atoms with Gasteiger partial charge in [0.05, 0.1) is 6.10 Å². The summed E-state index contributed by atoms with van der Waals surface area (Å²) in [6, 6.07) is 8.27. The van der Waals surface area contributed by atoms with E-state index in [1.807, 2.05) is 0 Å². The number of amides is 1. The Morgan fingerprint density at radius 2 is 1.87 bits per heavy atom. The Morgan fingerprint density at radius 3 is 2.65 bits per heavy atom. The molecule has 0 spiro atoms. The summed E-state index contributed by atoms with van der Waals surface area (Å²) < 4.78 is 44.3. The molecule has 1 aromatic carbocycles. The van der Waals surface area contributed by atoms with Crippen LogP contribution in [0.15, 0.2) is 30.3 Å². The molecule has 1 saturated carbocycles. The highest BCUT2D eigenvalue weighted by atomic mass is 19.3. The molecule has 7 nitrogen and oxygen atoms in total. The Hall–Kier alpha value is -2.81. The zero-order chi connectivity index (χ0) is 21.7. The summed E-state index contributed by atoms with van der Waals surface area (Å²) in [6.45, 7) is -0.121. The number of benzene rings is 1. The number of hydrogen-bond donors (Lipinski definition) is 1. The van der Waals surface area contributed by atoms with E-state index >= 15 is 0 Å². The lowest BCUT2D eigenvalue weighted by atomic mass is 9.78. The third-order valence-corrected chi connectivity index (χ3v) is 6.54. The number of fused-ring (bicyclic) bond motifs is 2. The van der Waals surface area contributed by atoms with Crippen LogP contribution in [0.5, 0.6) is 17.2 Å². The molecule has 1 saturated heterocycles. The maximum absolute atomic E-state index is 13.4. The number of aliphatic hydroxyl groups is 1. The normalized spacial score (nSPS) is 26.9. The number of carbonyl (C=O) groups excluding carboxylic acids is 1. The SMILES string of the molecule is Cc1ccc(C(=O)N2C[C@H]3C[C@@H](Oc4ccc5c(c4)OCO5)[C@H](O)C[C@H]3C2)n1C(F)F. The molecule has 3 heterocycles. The topological polar surface area (TPSA) is 73.2 Å². The minimum Gasteiger partial charge on any atom is -0.488 e. The van der Waals surface area contributed by atoms with Crippen LogP contribution in [0.25, 0.3) is 0 Å². The number of alkyl halides is 2. The molecular weight excluding hydrogens is 410 g/mol. The van der Waals surface area contributed by atoms with E-state index in [9.17, 15) is 18.7 Å². The molecule has 2 aliphatic heterocycles. The van der Waals surface area contributed by atoms with Crippen LogP contribution < -0.4 is 14.2 Å². The standard InChI is InChI=1S/C22H24F2N2O5/c1-12-2-4-16(26(12)22(23)24)21(28)25-9-13-6-17(27)19(7-14(13)10-25)31-15-3-5-18-20(8-15)30-11-29-18/h2-5,8,13-14,17,19,22,27H,6-7,9-11H2,1H3/t13-,14+,17+,19+/m0/s1. The molecule has 1 aliphatic carbocycles. The van der Waals surface area contributed by atoms with E-state index in [1.165, 1.54) is 12.1 Å². The average molecular weight is 434 g/mol. The number of nitrogens with zero attached hydrogens (tertiary/aromatic N) is 2. The summed E-state index contributed by atoms with van der Waals surface area (Å²) in [5.41, 5.74) is 0.349. The zero-order valence-corrected chi connectivity index (χ0v) is 17.0. The fourth-order valence-electron chi connectivity index (χ4n) is 4.95. The average Bonchev–Trinajstić information content (AvgIpc) is 3.45. The largest absolute Gasteiger partial charge is 0.488 e. The molecular formula is C22H24F2N2O5. The Bertz CT molecular complexity index is 994. The van der Waals surface area contributed by atoms with Gasteiger partial charge in [0, 0.05) is 24.8 Å². The summed E-state index contributed by atoms with van der Waals surface area (Å²) in [7, 11) is 0. The number of aliphatic hydroxyl groups excluding tert-OH is 1. The van der Waals surface area contributed by atoms with Gasteiger partial charge in [-0.1, -0.05) is 0 Å². The first-order valence-corrected chi connectivity index (χ1v) is 10.4. The van der Waals surface area contributed by atoms with Gasteiger partial charge in [0.2, 0.25) is 6.79 Å². The minimum atomic E-state index is -2.76. The summed E-state index contributed by atoms with van der Waals surface area (Å²) >= 11 is 0. The fourth-order valence-corrected chi connectivity index (χ4v) is 4.95. The van der Waals surface area contributed by atoms with Gasteiger partial charge in [-0.3, -0.25) is 9.36 Å².